The van der Waals surface area contributed by atoms with Crippen molar-refractivity contribution in [1.82, 2.24) is 15.5 Å². The Bertz CT molecular complexity index is 268. The molecule has 1 atom stereocenters. The molecule has 0 aliphatic heterocycles. The third-order valence-electron chi connectivity index (χ3n) is 2.17. The molecule has 6 heteroatoms. The molecule has 0 spiro atoms. The van der Waals surface area contributed by atoms with E-state index < -0.39 is 0 Å². The van der Waals surface area contributed by atoms with Crippen LogP contribution in [0.5, 0.6) is 0 Å². The summed E-state index contributed by atoms with van der Waals surface area (Å²) < 4.78 is 0.992. The van der Waals surface area contributed by atoms with E-state index in [1.165, 1.54) is 0 Å². The van der Waals surface area contributed by atoms with Gasteiger partial charge >= 0.3 is 0 Å². The number of hydrogen-bond donors (Lipinski definition) is 2. The maximum atomic E-state index is 9.28. The standard InChI is InChI=1S/C9H17N3OS2/c1-3-10-9(2,6-13)4-5-14-8-12-11-7-15-8/h7,10,13H,3-6H2,1-2H3. The van der Waals surface area contributed by atoms with Crippen LogP contribution in [0.4, 0.5) is 0 Å². The number of aliphatic hydroxyl groups is 1. The van der Waals surface area contributed by atoms with Gasteiger partial charge in [-0.1, -0.05) is 30.0 Å². The Morgan fingerprint density at radius 1 is 1.67 bits per heavy atom. The van der Waals surface area contributed by atoms with Gasteiger partial charge in [0.2, 0.25) is 0 Å². The first-order chi connectivity index (χ1) is 7.20. The summed E-state index contributed by atoms with van der Waals surface area (Å²) in [5.74, 6) is 0.944. The van der Waals surface area contributed by atoms with E-state index >= 15 is 0 Å². The second-order valence-corrected chi connectivity index (χ2v) is 5.73. The van der Waals surface area contributed by atoms with Gasteiger partial charge in [0.05, 0.1) is 6.61 Å². The molecule has 0 amide bonds. The molecule has 4 nitrogen and oxygen atoms in total. The fourth-order valence-electron chi connectivity index (χ4n) is 1.24. The lowest BCUT2D eigenvalue weighted by Gasteiger charge is -2.27. The zero-order valence-electron chi connectivity index (χ0n) is 9.06. The first kappa shape index (κ1) is 12.9. The van der Waals surface area contributed by atoms with Crippen molar-refractivity contribution in [3.8, 4) is 0 Å². The molecule has 0 aromatic carbocycles. The molecule has 86 valence electrons. The Balaban J connectivity index is 2.28. The van der Waals surface area contributed by atoms with Gasteiger partial charge in [0.1, 0.15) is 5.51 Å². The number of likely N-dealkylation sites (N-methyl/N-ethyl adjacent to an activating group) is 1. The lowest BCUT2D eigenvalue weighted by atomic mass is 10.0. The fraction of sp³-hybridized carbons (Fsp3) is 0.778. The van der Waals surface area contributed by atoms with E-state index in [-0.39, 0.29) is 12.1 Å². The van der Waals surface area contributed by atoms with Crippen molar-refractivity contribution < 1.29 is 5.11 Å². The summed E-state index contributed by atoms with van der Waals surface area (Å²) in [7, 11) is 0. The highest BCUT2D eigenvalue weighted by molar-refractivity contribution is 8.00. The summed E-state index contributed by atoms with van der Waals surface area (Å²) in [6.07, 6.45) is 0.918. The van der Waals surface area contributed by atoms with E-state index in [9.17, 15) is 5.11 Å². The second kappa shape index (κ2) is 6.42. The molecule has 15 heavy (non-hydrogen) atoms. The van der Waals surface area contributed by atoms with E-state index in [1.807, 2.05) is 13.8 Å². The SMILES string of the molecule is CCNC(C)(CO)CCSc1nncs1. The van der Waals surface area contributed by atoms with Crippen molar-refractivity contribution in [2.24, 2.45) is 0 Å². The Labute approximate surface area is 98.5 Å². The van der Waals surface area contributed by atoms with E-state index in [0.29, 0.717) is 0 Å². The van der Waals surface area contributed by atoms with Crippen molar-refractivity contribution in [2.45, 2.75) is 30.1 Å². The zero-order chi connectivity index (χ0) is 11.1. The fourth-order valence-corrected chi connectivity index (χ4v) is 3.00. The maximum absolute atomic E-state index is 9.28. The van der Waals surface area contributed by atoms with Crippen molar-refractivity contribution in [3.05, 3.63) is 5.51 Å². The van der Waals surface area contributed by atoms with E-state index in [2.05, 4.69) is 15.5 Å². The predicted octanol–water partition coefficient (Wildman–Crippen LogP) is 1.38. The van der Waals surface area contributed by atoms with E-state index in [4.69, 9.17) is 0 Å². The van der Waals surface area contributed by atoms with Crippen LogP contribution in [0.15, 0.2) is 9.85 Å². The molecule has 0 saturated heterocycles. The van der Waals surface area contributed by atoms with Gasteiger partial charge in [-0.15, -0.1) is 10.2 Å². The monoisotopic (exact) mass is 247 g/mol. The lowest BCUT2D eigenvalue weighted by Crippen LogP contribution is -2.46. The first-order valence-corrected chi connectivity index (χ1v) is 6.81. The molecule has 0 radical (unpaired) electrons. The van der Waals surface area contributed by atoms with Crippen LogP contribution in [0.2, 0.25) is 0 Å². The number of hydrogen-bond acceptors (Lipinski definition) is 6. The molecular weight excluding hydrogens is 230 g/mol. The number of nitrogens with zero attached hydrogens (tertiary/aromatic N) is 2. The van der Waals surface area contributed by atoms with Crippen LogP contribution < -0.4 is 5.32 Å². The predicted molar refractivity (Wildman–Crippen MR) is 64.4 cm³/mol. The minimum atomic E-state index is -0.174. The molecule has 0 fully saturated rings. The topological polar surface area (TPSA) is 58.0 Å². The second-order valence-electron chi connectivity index (χ2n) is 3.55. The number of thioether (sulfide) groups is 1. The smallest absolute Gasteiger partial charge is 0.174 e. The molecule has 2 N–H and O–H groups in total. The summed E-state index contributed by atoms with van der Waals surface area (Å²) in [5.41, 5.74) is 1.56. The third-order valence-corrected chi connectivity index (χ3v) is 4.03. The number of aromatic nitrogens is 2. The summed E-state index contributed by atoms with van der Waals surface area (Å²) in [4.78, 5) is 0. The number of rotatable bonds is 7. The van der Waals surface area contributed by atoms with E-state index in [0.717, 1.165) is 23.1 Å². The highest BCUT2D eigenvalue weighted by atomic mass is 32.2. The molecule has 0 aliphatic rings. The van der Waals surface area contributed by atoms with Gasteiger partial charge in [-0.05, 0) is 19.9 Å². The molecule has 1 aromatic rings. The number of aliphatic hydroxyl groups excluding tert-OH is 1. The molecule has 0 bridgehead atoms. The Morgan fingerprint density at radius 2 is 2.47 bits per heavy atom. The van der Waals surface area contributed by atoms with Crippen LogP contribution in [-0.2, 0) is 0 Å². The Hall–Kier alpha value is -0.170. The van der Waals surface area contributed by atoms with Crippen LogP contribution in [0.1, 0.15) is 20.3 Å². The van der Waals surface area contributed by atoms with Gasteiger partial charge in [-0.2, -0.15) is 0 Å². The van der Waals surface area contributed by atoms with Gasteiger partial charge in [0, 0.05) is 11.3 Å². The minimum absolute atomic E-state index is 0.164. The molecule has 1 unspecified atom stereocenters. The van der Waals surface area contributed by atoms with Crippen LogP contribution >= 0.6 is 23.1 Å². The summed E-state index contributed by atoms with van der Waals surface area (Å²) in [5, 5.41) is 20.3. The Kier molecular flexibility index (Phi) is 5.52. The average Bonchev–Trinajstić information content (AvgIpc) is 2.71. The van der Waals surface area contributed by atoms with Crippen LogP contribution in [-0.4, -0.2) is 39.7 Å². The summed E-state index contributed by atoms with van der Waals surface area (Å²) in [6.45, 7) is 5.13. The van der Waals surface area contributed by atoms with Gasteiger partial charge < -0.3 is 10.4 Å². The normalized spacial score (nSPS) is 15.1. The van der Waals surface area contributed by atoms with Gasteiger partial charge in [-0.3, -0.25) is 0 Å². The first-order valence-electron chi connectivity index (χ1n) is 4.95. The van der Waals surface area contributed by atoms with E-state index in [1.54, 1.807) is 28.6 Å². The van der Waals surface area contributed by atoms with Crippen LogP contribution in [0.25, 0.3) is 0 Å². The van der Waals surface area contributed by atoms with Crippen LogP contribution in [0.3, 0.4) is 0 Å². The van der Waals surface area contributed by atoms with Crippen molar-refractivity contribution in [2.75, 3.05) is 18.9 Å². The molecule has 0 saturated carbocycles. The molecule has 1 heterocycles. The summed E-state index contributed by atoms with van der Waals surface area (Å²) >= 11 is 3.24. The Morgan fingerprint density at radius 3 is 3.00 bits per heavy atom. The largest absolute Gasteiger partial charge is 0.394 e. The van der Waals surface area contributed by atoms with Crippen molar-refractivity contribution >= 4 is 23.1 Å². The lowest BCUT2D eigenvalue weighted by molar-refractivity contribution is 0.173. The average molecular weight is 247 g/mol. The molecule has 1 rings (SSSR count). The highest BCUT2D eigenvalue weighted by Gasteiger charge is 2.21. The summed E-state index contributed by atoms with van der Waals surface area (Å²) in [6, 6.07) is 0. The van der Waals surface area contributed by atoms with Gasteiger partial charge in [-0.25, -0.2) is 0 Å². The number of nitrogens with one attached hydrogen (secondary N) is 1. The van der Waals surface area contributed by atoms with Crippen molar-refractivity contribution in [1.29, 1.82) is 0 Å². The van der Waals surface area contributed by atoms with Crippen molar-refractivity contribution in [3.63, 3.8) is 0 Å². The van der Waals surface area contributed by atoms with Gasteiger partial charge in [0.15, 0.2) is 4.34 Å². The highest BCUT2D eigenvalue weighted by Crippen LogP contribution is 2.22. The quantitative estimate of drug-likeness (QED) is 0.713. The molecule has 0 aliphatic carbocycles. The third kappa shape index (κ3) is 4.46. The molecular formula is C9H17N3OS2. The minimum Gasteiger partial charge on any atom is -0.394 e. The maximum Gasteiger partial charge on any atom is 0.174 e. The van der Waals surface area contributed by atoms with Gasteiger partial charge in [0.25, 0.3) is 0 Å². The molecule has 1 aromatic heterocycles. The zero-order valence-corrected chi connectivity index (χ0v) is 10.7. The van der Waals surface area contributed by atoms with Crippen LogP contribution in [0, 0.1) is 0 Å².